The predicted octanol–water partition coefficient (Wildman–Crippen LogP) is 2.72. The number of alkyl halides is 2. The second-order valence-corrected chi connectivity index (χ2v) is 5.42. The van der Waals surface area contributed by atoms with Gasteiger partial charge >= 0.3 is 0 Å². The summed E-state index contributed by atoms with van der Waals surface area (Å²) in [6.45, 7) is 0.423. The molecule has 1 fully saturated rings. The summed E-state index contributed by atoms with van der Waals surface area (Å²) >= 11 is 0. The number of halogens is 3. The van der Waals surface area contributed by atoms with Gasteiger partial charge in [-0.15, -0.1) is 12.4 Å². The van der Waals surface area contributed by atoms with Crippen molar-refractivity contribution in [2.45, 2.75) is 51.4 Å². The van der Waals surface area contributed by atoms with E-state index in [0.29, 0.717) is 5.92 Å². The number of carbonyl (C=O) groups excluding carboxylic acids is 1. The van der Waals surface area contributed by atoms with Gasteiger partial charge in [0.15, 0.2) is 0 Å². The molecule has 114 valence electrons. The number of hydrogen-bond donors (Lipinski definition) is 2. The number of nitrogens with one attached hydrogen (secondary N) is 1. The molecule has 1 rings (SSSR count). The zero-order chi connectivity index (χ0) is 13.6. The third-order valence-corrected chi connectivity index (χ3v) is 3.68. The maximum Gasteiger partial charge on any atom is 0.277 e. The Labute approximate surface area is 120 Å². The van der Waals surface area contributed by atoms with Crippen LogP contribution >= 0.6 is 12.4 Å². The highest BCUT2D eigenvalue weighted by Gasteiger charge is 2.28. The average molecular weight is 299 g/mol. The van der Waals surface area contributed by atoms with Crippen LogP contribution in [0.4, 0.5) is 8.78 Å². The summed E-state index contributed by atoms with van der Waals surface area (Å²) in [5.74, 6) is -2.90. The molecular weight excluding hydrogens is 274 g/mol. The molecule has 0 aromatic heterocycles. The van der Waals surface area contributed by atoms with Crippen LogP contribution in [0.25, 0.3) is 0 Å². The first-order chi connectivity index (χ1) is 8.44. The molecule has 0 heterocycles. The van der Waals surface area contributed by atoms with Gasteiger partial charge in [0, 0.05) is 5.92 Å². The molecule has 3 N–H and O–H groups in total. The molecule has 1 aliphatic carbocycles. The van der Waals surface area contributed by atoms with E-state index in [2.05, 4.69) is 5.32 Å². The van der Waals surface area contributed by atoms with Crippen LogP contribution in [0.5, 0.6) is 0 Å². The van der Waals surface area contributed by atoms with Crippen molar-refractivity contribution in [2.75, 3.05) is 13.1 Å². The monoisotopic (exact) mass is 298 g/mol. The molecule has 0 saturated heterocycles. The van der Waals surface area contributed by atoms with E-state index in [9.17, 15) is 13.6 Å². The van der Waals surface area contributed by atoms with Gasteiger partial charge in [0.25, 0.3) is 5.92 Å². The smallest absolute Gasteiger partial charge is 0.277 e. The third-order valence-electron chi connectivity index (χ3n) is 3.68. The zero-order valence-corrected chi connectivity index (χ0v) is 12.3. The van der Waals surface area contributed by atoms with Crippen LogP contribution in [0.2, 0.25) is 0 Å². The molecule has 1 unspecified atom stereocenters. The Bertz CT molecular complexity index is 271. The van der Waals surface area contributed by atoms with Crippen molar-refractivity contribution >= 4 is 18.3 Å². The lowest BCUT2D eigenvalue weighted by Crippen LogP contribution is -2.43. The van der Waals surface area contributed by atoms with Crippen LogP contribution in [-0.2, 0) is 4.79 Å². The van der Waals surface area contributed by atoms with E-state index in [4.69, 9.17) is 5.73 Å². The van der Waals surface area contributed by atoms with Gasteiger partial charge in [-0.1, -0.05) is 39.0 Å². The van der Waals surface area contributed by atoms with Gasteiger partial charge in [0.05, 0.1) is 13.1 Å². The minimum atomic E-state index is -3.00. The summed E-state index contributed by atoms with van der Waals surface area (Å²) in [4.78, 5) is 11.7. The Balaban J connectivity index is 0.00000324. The molecule has 19 heavy (non-hydrogen) atoms. The van der Waals surface area contributed by atoms with Crippen LogP contribution in [0, 0.1) is 11.8 Å². The summed E-state index contributed by atoms with van der Waals surface area (Å²) < 4.78 is 25.8. The van der Waals surface area contributed by atoms with Crippen molar-refractivity contribution in [3.05, 3.63) is 0 Å². The van der Waals surface area contributed by atoms with E-state index in [1.54, 1.807) is 0 Å². The van der Waals surface area contributed by atoms with E-state index < -0.39 is 19.0 Å². The van der Waals surface area contributed by atoms with Crippen LogP contribution < -0.4 is 11.1 Å². The Hall–Kier alpha value is -0.420. The molecule has 0 bridgehead atoms. The maximum atomic E-state index is 12.9. The predicted molar refractivity (Wildman–Crippen MR) is 74.6 cm³/mol. The normalized spacial score (nSPS) is 18.5. The van der Waals surface area contributed by atoms with Gasteiger partial charge in [0.1, 0.15) is 0 Å². The molecule has 0 radical (unpaired) electrons. The standard InChI is InChI=1S/C13H24F2N2O.ClH/c1-10(7-11-5-3-2-4-6-11)12(18)17-9-13(14,15)8-16;/h10-11H,2-9,16H2,1H3,(H,17,18);1H. The molecular formula is C13H25ClF2N2O. The van der Waals surface area contributed by atoms with E-state index in [-0.39, 0.29) is 24.2 Å². The molecule has 3 nitrogen and oxygen atoms in total. The van der Waals surface area contributed by atoms with E-state index >= 15 is 0 Å². The lowest BCUT2D eigenvalue weighted by molar-refractivity contribution is -0.126. The largest absolute Gasteiger partial charge is 0.350 e. The minimum Gasteiger partial charge on any atom is -0.350 e. The second kappa shape index (κ2) is 8.69. The van der Waals surface area contributed by atoms with Gasteiger partial charge in [-0.2, -0.15) is 0 Å². The molecule has 0 aromatic rings. The molecule has 0 spiro atoms. The van der Waals surface area contributed by atoms with Gasteiger partial charge in [0.2, 0.25) is 5.91 Å². The summed E-state index contributed by atoms with van der Waals surface area (Å²) in [7, 11) is 0. The van der Waals surface area contributed by atoms with E-state index in [1.807, 2.05) is 6.92 Å². The van der Waals surface area contributed by atoms with Crippen molar-refractivity contribution in [3.63, 3.8) is 0 Å². The van der Waals surface area contributed by atoms with Crippen LogP contribution in [0.1, 0.15) is 45.4 Å². The van der Waals surface area contributed by atoms with Gasteiger partial charge in [-0.05, 0) is 12.3 Å². The fraction of sp³-hybridized carbons (Fsp3) is 0.923. The lowest BCUT2D eigenvalue weighted by Gasteiger charge is -2.24. The van der Waals surface area contributed by atoms with E-state index in [0.717, 1.165) is 19.3 Å². The van der Waals surface area contributed by atoms with Crippen molar-refractivity contribution < 1.29 is 13.6 Å². The first-order valence-electron chi connectivity index (χ1n) is 6.80. The van der Waals surface area contributed by atoms with E-state index in [1.165, 1.54) is 19.3 Å². The Morgan fingerprint density at radius 3 is 2.47 bits per heavy atom. The Kier molecular flexibility index (Phi) is 8.50. The summed E-state index contributed by atoms with van der Waals surface area (Å²) in [6, 6.07) is 0. The van der Waals surface area contributed by atoms with Crippen molar-refractivity contribution in [1.82, 2.24) is 5.32 Å². The molecule has 1 atom stereocenters. The summed E-state index contributed by atoms with van der Waals surface area (Å²) in [5, 5.41) is 2.29. The number of hydrogen-bond acceptors (Lipinski definition) is 2. The fourth-order valence-corrected chi connectivity index (χ4v) is 2.49. The number of carbonyl (C=O) groups is 1. The zero-order valence-electron chi connectivity index (χ0n) is 11.5. The van der Waals surface area contributed by atoms with Gasteiger partial charge in [-0.3, -0.25) is 4.79 Å². The third kappa shape index (κ3) is 7.06. The van der Waals surface area contributed by atoms with Crippen molar-refractivity contribution in [2.24, 2.45) is 17.6 Å². The number of amides is 1. The minimum absolute atomic E-state index is 0. The Morgan fingerprint density at radius 2 is 1.95 bits per heavy atom. The fourth-order valence-electron chi connectivity index (χ4n) is 2.49. The molecule has 6 heteroatoms. The highest BCUT2D eigenvalue weighted by atomic mass is 35.5. The first kappa shape index (κ1) is 18.6. The highest BCUT2D eigenvalue weighted by molar-refractivity contribution is 5.85. The quantitative estimate of drug-likeness (QED) is 0.792. The van der Waals surface area contributed by atoms with Crippen molar-refractivity contribution in [1.29, 1.82) is 0 Å². The maximum absolute atomic E-state index is 12.9. The summed E-state index contributed by atoms with van der Waals surface area (Å²) in [6.07, 6.45) is 6.86. The molecule has 0 aromatic carbocycles. The number of rotatable bonds is 6. The topological polar surface area (TPSA) is 55.1 Å². The van der Waals surface area contributed by atoms with Crippen LogP contribution in [0.15, 0.2) is 0 Å². The summed E-state index contributed by atoms with van der Waals surface area (Å²) in [5.41, 5.74) is 4.92. The molecule has 1 amide bonds. The van der Waals surface area contributed by atoms with Gasteiger partial charge < -0.3 is 11.1 Å². The lowest BCUT2D eigenvalue weighted by atomic mass is 9.83. The first-order valence-corrected chi connectivity index (χ1v) is 6.80. The van der Waals surface area contributed by atoms with Crippen molar-refractivity contribution in [3.8, 4) is 0 Å². The highest BCUT2D eigenvalue weighted by Crippen LogP contribution is 2.29. The van der Waals surface area contributed by atoms with Crippen LogP contribution in [0.3, 0.4) is 0 Å². The average Bonchev–Trinajstić information content (AvgIpc) is 2.37. The van der Waals surface area contributed by atoms with Gasteiger partial charge in [-0.25, -0.2) is 8.78 Å². The number of nitrogens with two attached hydrogens (primary N) is 1. The Morgan fingerprint density at radius 1 is 1.37 bits per heavy atom. The van der Waals surface area contributed by atoms with Crippen LogP contribution in [-0.4, -0.2) is 24.9 Å². The molecule has 1 saturated carbocycles. The SMILES string of the molecule is CC(CC1CCCCC1)C(=O)NCC(F)(F)CN.Cl. The molecule has 0 aliphatic heterocycles. The second-order valence-electron chi connectivity index (χ2n) is 5.42. The molecule has 1 aliphatic rings.